The van der Waals surface area contributed by atoms with Crippen molar-refractivity contribution in [1.29, 1.82) is 0 Å². The van der Waals surface area contributed by atoms with Crippen LogP contribution in [0.2, 0.25) is 5.02 Å². The second-order valence-electron chi connectivity index (χ2n) is 3.65. The molecule has 0 amide bonds. The lowest BCUT2D eigenvalue weighted by molar-refractivity contribution is -0.142. The van der Waals surface area contributed by atoms with Gasteiger partial charge in [0.1, 0.15) is 6.04 Å². The number of nitrogens with one attached hydrogen (secondary N) is 1. The van der Waals surface area contributed by atoms with Gasteiger partial charge in [0, 0.05) is 11.1 Å². The van der Waals surface area contributed by atoms with E-state index >= 15 is 0 Å². The summed E-state index contributed by atoms with van der Waals surface area (Å²) in [6, 6.07) is 7.21. The van der Waals surface area contributed by atoms with Crippen molar-refractivity contribution in [2.75, 3.05) is 7.11 Å². The fraction of sp³-hybridized carbons (Fsp3) is 0.417. The summed E-state index contributed by atoms with van der Waals surface area (Å²) in [5.74, 6) is -0.279. The van der Waals surface area contributed by atoms with E-state index in [1.54, 1.807) is 6.92 Å². The molecule has 0 aromatic heterocycles. The second-order valence-corrected chi connectivity index (χ2v) is 4.06. The Morgan fingerprint density at radius 3 is 2.56 bits per heavy atom. The maximum atomic E-state index is 11.2. The molecule has 0 saturated carbocycles. The van der Waals surface area contributed by atoms with Crippen molar-refractivity contribution in [2.45, 2.75) is 25.9 Å². The van der Waals surface area contributed by atoms with E-state index in [1.165, 1.54) is 7.11 Å². The van der Waals surface area contributed by atoms with E-state index in [0.717, 1.165) is 5.56 Å². The summed E-state index contributed by atoms with van der Waals surface area (Å²) in [7, 11) is 1.38. The normalized spacial score (nSPS) is 14.2. The number of ether oxygens (including phenoxy) is 1. The molecule has 16 heavy (non-hydrogen) atoms. The first-order valence-electron chi connectivity index (χ1n) is 5.14. The number of benzene rings is 1. The van der Waals surface area contributed by atoms with Gasteiger partial charge in [-0.05, 0) is 25.5 Å². The molecule has 0 aliphatic heterocycles. The van der Waals surface area contributed by atoms with Crippen LogP contribution in [-0.2, 0) is 9.53 Å². The molecule has 88 valence electrons. The van der Waals surface area contributed by atoms with Crippen molar-refractivity contribution < 1.29 is 9.53 Å². The van der Waals surface area contributed by atoms with Crippen molar-refractivity contribution in [3.63, 3.8) is 0 Å². The van der Waals surface area contributed by atoms with Crippen LogP contribution in [0.1, 0.15) is 25.5 Å². The predicted octanol–water partition coefficient (Wildman–Crippen LogP) is 2.55. The van der Waals surface area contributed by atoms with Crippen LogP contribution in [0.3, 0.4) is 0 Å². The molecular weight excluding hydrogens is 226 g/mol. The van der Waals surface area contributed by atoms with Gasteiger partial charge in [0.2, 0.25) is 0 Å². The first-order valence-corrected chi connectivity index (χ1v) is 5.52. The Bertz CT molecular complexity index is 368. The van der Waals surface area contributed by atoms with Crippen molar-refractivity contribution >= 4 is 17.6 Å². The lowest BCUT2D eigenvalue weighted by Gasteiger charge is -2.19. The van der Waals surface area contributed by atoms with Crippen molar-refractivity contribution in [3.8, 4) is 0 Å². The van der Waals surface area contributed by atoms with E-state index in [-0.39, 0.29) is 18.1 Å². The first-order chi connectivity index (χ1) is 7.56. The third-order valence-corrected chi connectivity index (χ3v) is 2.77. The quantitative estimate of drug-likeness (QED) is 0.824. The van der Waals surface area contributed by atoms with Crippen LogP contribution in [0.5, 0.6) is 0 Å². The van der Waals surface area contributed by atoms with E-state index in [1.807, 2.05) is 31.2 Å². The maximum Gasteiger partial charge on any atom is 0.322 e. The number of esters is 1. The molecule has 0 spiro atoms. The fourth-order valence-corrected chi connectivity index (χ4v) is 1.84. The van der Waals surface area contributed by atoms with E-state index in [9.17, 15) is 4.79 Å². The molecule has 2 atom stereocenters. The number of halogens is 1. The zero-order valence-electron chi connectivity index (χ0n) is 9.66. The average molecular weight is 242 g/mol. The number of hydrogen-bond donors (Lipinski definition) is 1. The lowest BCUT2D eigenvalue weighted by Crippen LogP contribution is -2.36. The van der Waals surface area contributed by atoms with Crippen molar-refractivity contribution in [1.82, 2.24) is 5.32 Å². The summed E-state index contributed by atoms with van der Waals surface area (Å²) in [6.07, 6.45) is 0. The summed E-state index contributed by atoms with van der Waals surface area (Å²) in [5, 5.41) is 3.82. The molecule has 0 bridgehead atoms. The molecule has 0 fully saturated rings. The number of carbonyl (C=O) groups is 1. The Morgan fingerprint density at radius 1 is 1.38 bits per heavy atom. The Morgan fingerprint density at radius 2 is 2.00 bits per heavy atom. The topological polar surface area (TPSA) is 38.3 Å². The summed E-state index contributed by atoms with van der Waals surface area (Å²) >= 11 is 6.06. The van der Waals surface area contributed by atoms with Gasteiger partial charge in [-0.25, -0.2) is 0 Å². The van der Waals surface area contributed by atoms with Crippen LogP contribution in [-0.4, -0.2) is 19.1 Å². The minimum Gasteiger partial charge on any atom is -0.468 e. The number of rotatable bonds is 4. The highest BCUT2D eigenvalue weighted by atomic mass is 35.5. The SMILES string of the molecule is COC(=O)C(C)N[C@H](C)c1ccccc1Cl. The number of carbonyl (C=O) groups excluding carboxylic acids is 1. The van der Waals surface area contributed by atoms with E-state index in [4.69, 9.17) is 11.6 Å². The van der Waals surface area contributed by atoms with Crippen LogP contribution in [0, 0.1) is 0 Å². The molecule has 4 heteroatoms. The first kappa shape index (κ1) is 13.0. The van der Waals surface area contributed by atoms with Gasteiger partial charge in [0.15, 0.2) is 0 Å². The smallest absolute Gasteiger partial charge is 0.322 e. The van der Waals surface area contributed by atoms with Gasteiger partial charge in [-0.15, -0.1) is 0 Å². The van der Waals surface area contributed by atoms with E-state index in [0.29, 0.717) is 5.02 Å². The van der Waals surface area contributed by atoms with Gasteiger partial charge < -0.3 is 4.74 Å². The average Bonchev–Trinajstić information content (AvgIpc) is 2.28. The molecule has 0 aliphatic rings. The highest BCUT2D eigenvalue weighted by Gasteiger charge is 2.17. The van der Waals surface area contributed by atoms with Gasteiger partial charge in [0.25, 0.3) is 0 Å². The zero-order chi connectivity index (χ0) is 12.1. The third-order valence-electron chi connectivity index (χ3n) is 2.43. The molecule has 0 heterocycles. The summed E-state index contributed by atoms with van der Waals surface area (Å²) in [6.45, 7) is 3.72. The third kappa shape index (κ3) is 3.22. The van der Waals surface area contributed by atoms with Gasteiger partial charge in [0.05, 0.1) is 7.11 Å². The summed E-state index contributed by atoms with van der Waals surface area (Å²) < 4.78 is 4.64. The minimum atomic E-state index is -0.351. The second kappa shape index (κ2) is 5.87. The fourth-order valence-electron chi connectivity index (χ4n) is 1.54. The monoisotopic (exact) mass is 241 g/mol. The zero-order valence-corrected chi connectivity index (χ0v) is 10.4. The van der Waals surface area contributed by atoms with Gasteiger partial charge in [-0.3, -0.25) is 10.1 Å². The minimum absolute atomic E-state index is 0.00259. The highest BCUT2D eigenvalue weighted by Crippen LogP contribution is 2.22. The van der Waals surface area contributed by atoms with Crippen LogP contribution >= 0.6 is 11.6 Å². The van der Waals surface area contributed by atoms with Gasteiger partial charge in [-0.2, -0.15) is 0 Å². The molecule has 3 nitrogen and oxygen atoms in total. The Kier molecular flexibility index (Phi) is 4.77. The molecule has 0 radical (unpaired) electrons. The molecular formula is C12H16ClNO2. The number of hydrogen-bond acceptors (Lipinski definition) is 3. The highest BCUT2D eigenvalue weighted by molar-refractivity contribution is 6.31. The maximum absolute atomic E-state index is 11.2. The van der Waals surface area contributed by atoms with Crippen molar-refractivity contribution in [3.05, 3.63) is 34.9 Å². The van der Waals surface area contributed by atoms with Crippen LogP contribution < -0.4 is 5.32 Å². The van der Waals surface area contributed by atoms with Crippen molar-refractivity contribution in [2.24, 2.45) is 0 Å². The molecule has 0 aliphatic carbocycles. The Balaban J connectivity index is 2.69. The van der Waals surface area contributed by atoms with Gasteiger partial charge >= 0.3 is 5.97 Å². The van der Waals surface area contributed by atoms with Crippen LogP contribution in [0.4, 0.5) is 0 Å². The standard InChI is InChI=1S/C12H16ClNO2/c1-8(14-9(2)12(15)16-3)10-6-4-5-7-11(10)13/h4-9,14H,1-3H3/t8-,9?/m1/s1. The summed E-state index contributed by atoms with van der Waals surface area (Å²) in [5.41, 5.74) is 0.972. The van der Waals surface area contributed by atoms with Crippen LogP contribution in [0.15, 0.2) is 24.3 Å². The van der Waals surface area contributed by atoms with E-state index in [2.05, 4.69) is 10.1 Å². The van der Waals surface area contributed by atoms with Crippen LogP contribution in [0.25, 0.3) is 0 Å². The number of methoxy groups -OCH3 is 1. The predicted molar refractivity (Wildman–Crippen MR) is 64.5 cm³/mol. The Hall–Kier alpha value is -1.06. The molecule has 1 N–H and O–H groups in total. The molecule has 0 saturated heterocycles. The molecule has 1 unspecified atom stereocenters. The lowest BCUT2D eigenvalue weighted by atomic mass is 10.1. The largest absolute Gasteiger partial charge is 0.468 e. The Labute approximate surface area is 101 Å². The van der Waals surface area contributed by atoms with E-state index < -0.39 is 0 Å². The van der Waals surface area contributed by atoms with Gasteiger partial charge in [-0.1, -0.05) is 29.8 Å². The summed E-state index contributed by atoms with van der Waals surface area (Å²) in [4.78, 5) is 11.2. The molecule has 1 aromatic rings. The molecule has 1 aromatic carbocycles. The molecule has 1 rings (SSSR count).